The Labute approximate surface area is 151 Å². The molecule has 0 aliphatic heterocycles. The second-order valence-electron chi connectivity index (χ2n) is 6.93. The maximum atomic E-state index is 12.2. The largest absolute Gasteiger partial charge is 0.423 e. The van der Waals surface area contributed by atoms with E-state index in [0.29, 0.717) is 11.3 Å². The second kappa shape index (κ2) is 8.84. The third-order valence-electron chi connectivity index (χ3n) is 5.13. The molecule has 131 valence electrons. The van der Waals surface area contributed by atoms with Gasteiger partial charge in [-0.3, -0.25) is 0 Å². The lowest BCUT2D eigenvalue weighted by molar-refractivity contribution is 0.0734. The Bertz CT molecular complexity index is 664. The van der Waals surface area contributed by atoms with Gasteiger partial charge in [-0.2, -0.15) is 0 Å². The number of carbonyl (C=O) groups is 1. The molecule has 2 aromatic carbocycles. The summed E-state index contributed by atoms with van der Waals surface area (Å²) in [6, 6.07) is 15.6. The van der Waals surface area contributed by atoms with Crippen LogP contribution in [0.1, 0.15) is 60.5 Å². The standard InChI is InChI=1S/C23H27O2/c1-2-18-10-14-21(15-11-18)23(24)25-22-16-12-20(13-17-22)9-8-19-6-4-3-5-7-19/h3,10-17,19H,2,4-9H2,1H3. The molecule has 1 aliphatic rings. The topological polar surface area (TPSA) is 26.3 Å². The minimum Gasteiger partial charge on any atom is -0.423 e. The van der Waals surface area contributed by atoms with Gasteiger partial charge in [0.25, 0.3) is 0 Å². The third kappa shape index (κ3) is 5.19. The molecule has 2 aromatic rings. The Balaban J connectivity index is 1.51. The third-order valence-corrected chi connectivity index (χ3v) is 5.13. The Morgan fingerprint density at radius 1 is 0.960 bits per heavy atom. The maximum absolute atomic E-state index is 12.2. The highest BCUT2D eigenvalue weighted by Crippen LogP contribution is 2.27. The molecular weight excluding hydrogens is 308 g/mol. The van der Waals surface area contributed by atoms with Crippen molar-refractivity contribution in [1.82, 2.24) is 0 Å². The van der Waals surface area contributed by atoms with Gasteiger partial charge in [0.05, 0.1) is 5.56 Å². The van der Waals surface area contributed by atoms with Gasteiger partial charge in [-0.25, -0.2) is 4.79 Å². The SMILES string of the molecule is CCc1ccc(C(=O)Oc2ccc(CCC3CC[CH]CC3)cc2)cc1. The highest BCUT2D eigenvalue weighted by atomic mass is 16.5. The van der Waals surface area contributed by atoms with Crippen molar-refractivity contribution in [3.05, 3.63) is 71.6 Å². The Kier molecular flexibility index (Phi) is 6.27. The molecule has 25 heavy (non-hydrogen) atoms. The summed E-state index contributed by atoms with van der Waals surface area (Å²) in [5.41, 5.74) is 3.13. The molecule has 0 unspecified atom stereocenters. The number of carbonyl (C=O) groups excluding carboxylic acids is 1. The molecule has 1 fully saturated rings. The van der Waals surface area contributed by atoms with Crippen LogP contribution in [-0.4, -0.2) is 5.97 Å². The first-order chi connectivity index (χ1) is 12.2. The van der Waals surface area contributed by atoms with E-state index in [1.54, 1.807) is 0 Å². The van der Waals surface area contributed by atoms with E-state index >= 15 is 0 Å². The van der Waals surface area contributed by atoms with Crippen LogP contribution in [0.5, 0.6) is 5.75 Å². The van der Waals surface area contributed by atoms with Crippen LogP contribution in [0.25, 0.3) is 0 Å². The fourth-order valence-electron chi connectivity index (χ4n) is 3.42. The quantitative estimate of drug-likeness (QED) is 0.493. The van der Waals surface area contributed by atoms with E-state index in [2.05, 4.69) is 25.5 Å². The predicted octanol–water partition coefficient (Wildman–Crippen LogP) is 5.80. The van der Waals surface area contributed by atoms with Crippen LogP contribution in [0.2, 0.25) is 0 Å². The molecule has 0 atom stereocenters. The van der Waals surface area contributed by atoms with Crippen molar-refractivity contribution in [1.29, 1.82) is 0 Å². The molecule has 0 N–H and O–H groups in total. The van der Waals surface area contributed by atoms with Crippen molar-refractivity contribution in [3.8, 4) is 5.75 Å². The number of rotatable bonds is 6. The minimum atomic E-state index is -0.297. The fraction of sp³-hybridized carbons (Fsp3) is 0.391. The van der Waals surface area contributed by atoms with Crippen LogP contribution in [0.4, 0.5) is 0 Å². The van der Waals surface area contributed by atoms with Crippen LogP contribution >= 0.6 is 0 Å². The van der Waals surface area contributed by atoms with E-state index in [4.69, 9.17) is 4.74 Å². The van der Waals surface area contributed by atoms with Crippen LogP contribution in [0.3, 0.4) is 0 Å². The van der Waals surface area contributed by atoms with Crippen molar-refractivity contribution in [3.63, 3.8) is 0 Å². The Morgan fingerprint density at radius 3 is 2.24 bits per heavy atom. The summed E-state index contributed by atoms with van der Waals surface area (Å²) in [6.07, 6.45) is 11.0. The molecule has 2 nitrogen and oxygen atoms in total. The van der Waals surface area contributed by atoms with E-state index in [1.807, 2.05) is 36.4 Å². The molecule has 0 aromatic heterocycles. The molecule has 0 amide bonds. The first-order valence-corrected chi connectivity index (χ1v) is 9.46. The number of hydrogen-bond acceptors (Lipinski definition) is 2. The van der Waals surface area contributed by atoms with Gasteiger partial charge >= 0.3 is 5.97 Å². The van der Waals surface area contributed by atoms with Crippen molar-refractivity contribution in [2.24, 2.45) is 5.92 Å². The van der Waals surface area contributed by atoms with E-state index in [9.17, 15) is 4.79 Å². The monoisotopic (exact) mass is 335 g/mol. The molecule has 1 saturated carbocycles. The molecule has 2 heteroatoms. The van der Waals surface area contributed by atoms with Gasteiger partial charge in [0.1, 0.15) is 5.75 Å². The molecule has 1 radical (unpaired) electrons. The average molecular weight is 335 g/mol. The summed E-state index contributed by atoms with van der Waals surface area (Å²) in [5, 5.41) is 0. The lowest BCUT2D eigenvalue weighted by Gasteiger charge is -2.21. The lowest BCUT2D eigenvalue weighted by Crippen LogP contribution is -2.09. The summed E-state index contributed by atoms with van der Waals surface area (Å²) in [5.74, 6) is 1.18. The summed E-state index contributed by atoms with van der Waals surface area (Å²) >= 11 is 0. The molecule has 0 spiro atoms. The van der Waals surface area contributed by atoms with Gasteiger partial charge < -0.3 is 4.74 Å². The molecule has 0 heterocycles. The number of benzene rings is 2. The van der Waals surface area contributed by atoms with Crippen LogP contribution in [-0.2, 0) is 12.8 Å². The number of ether oxygens (including phenoxy) is 1. The van der Waals surface area contributed by atoms with Gasteiger partial charge in [0.15, 0.2) is 0 Å². The minimum absolute atomic E-state index is 0.297. The Hall–Kier alpha value is -2.09. The zero-order valence-corrected chi connectivity index (χ0v) is 15.0. The fourth-order valence-corrected chi connectivity index (χ4v) is 3.42. The molecule has 0 bridgehead atoms. The van der Waals surface area contributed by atoms with Crippen molar-refractivity contribution in [2.45, 2.75) is 51.9 Å². The molecular formula is C23H27O2. The van der Waals surface area contributed by atoms with Gasteiger partial charge in [-0.1, -0.05) is 44.0 Å². The van der Waals surface area contributed by atoms with Crippen molar-refractivity contribution < 1.29 is 9.53 Å². The van der Waals surface area contributed by atoms with Crippen LogP contribution in [0, 0.1) is 12.3 Å². The van der Waals surface area contributed by atoms with E-state index in [1.165, 1.54) is 43.2 Å². The van der Waals surface area contributed by atoms with Crippen molar-refractivity contribution in [2.75, 3.05) is 0 Å². The molecule has 3 rings (SSSR count). The predicted molar refractivity (Wildman–Crippen MR) is 102 cm³/mol. The Morgan fingerprint density at radius 2 is 1.60 bits per heavy atom. The number of esters is 1. The molecule has 1 aliphatic carbocycles. The van der Waals surface area contributed by atoms with Gasteiger partial charge in [0, 0.05) is 0 Å². The first-order valence-electron chi connectivity index (χ1n) is 9.46. The second-order valence-corrected chi connectivity index (χ2v) is 6.93. The number of hydrogen-bond donors (Lipinski definition) is 0. The summed E-state index contributed by atoms with van der Waals surface area (Å²) < 4.78 is 5.48. The van der Waals surface area contributed by atoms with E-state index < -0.39 is 0 Å². The molecule has 0 saturated heterocycles. The maximum Gasteiger partial charge on any atom is 0.343 e. The van der Waals surface area contributed by atoms with Crippen molar-refractivity contribution >= 4 is 5.97 Å². The van der Waals surface area contributed by atoms with Gasteiger partial charge in [0.2, 0.25) is 0 Å². The zero-order valence-electron chi connectivity index (χ0n) is 15.0. The highest BCUT2D eigenvalue weighted by Gasteiger charge is 2.13. The highest BCUT2D eigenvalue weighted by molar-refractivity contribution is 5.91. The zero-order chi connectivity index (χ0) is 17.5. The van der Waals surface area contributed by atoms with E-state index in [0.717, 1.165) is 18.8 Å². The van der Waals surface area contributed by atoms with Gasteiger partial charge in [-0.05, 0) is 79.8 Å². The smallest absolute Gasteiger partial charge is 0.343 e. The lowest BCUT2D eigenvalue weighted by atomic mass is 9.85. The van der Waals surface area contributed by atoms with Crippen LogP contribution in [0.15, 0.2) is 48.5 Å². The van der Waals surface area contributed by atoms with Gasteiger partial charge in [-0.15, -0.1) is 0 Å². The van der Waals surface area contributed by atoms with E-state index in [-0.39, 0.29) is 5.97 Å². The average Bonchev–Trinajstić information content (AvgIpc) is 2.68. The summed E-state index contributed by atoms with van der Waals surface area (Å²) in [7, 11) is 0. The van der Waals surface area contributed by atoms with Crippen LogP contribution < -0.4 is 4.74 Å². The normalized spacial score (nSPS) is 15.1. The summed E-state index contributed by atoms with van der Waals surface area (Å²) in [4.78, 5) is 12.2. The summed E-state index contributed by atoms with van der Waals surface area (Å²) in [6.45, 7) is 2.10. The number of aryl methyl sites for hydroxylation is 2. The first kappa shape index (κ1) is 17.7.